The van der Waals surface area contributed by atoms with Crippen LogP contribution in [0, 0.1) is 0 Å². The second-order valence-corrected chi connectivity index (χ2v) is 7.03. The Kier molecular flexibility index (Phi) is 13.0. The van der Waals surface area contributed by atoms with Crippen molar-refractivity contribution in [1.82, 2.24) is 9.55 Å². The molecule has 1 rings (SSSR count). The number of hydrogen-bond acceptors (Lipinski definition) is 1. The molecule has 0 aliphatic carbocycles. The predicted molar refractivity (Wildman–Crippen MR) is 102 cm³/mol. The first kappa shape index (κ1) is 20.3. The van der Waals surface area contributed by atoms with Crippen LogP contribution in [-0.4, -0.2) is 9.55 Å². The predicted octanol–water partition coefficient (Wildman–Crippen LogP) is 6.93. The molecule has 0 aliphatic heterocycles. The van der Waals surface area contributed by atoms with Gasteiger partial charge in [-0.15, -0.1) is 0 Å². The Balaban J connectivity index is 2.03. The van der Waals surface area contributed by atoms with Crippen molar-refractivity contribution in [3.8, 4) is 0 Å². The third-order valence-electron chi connectivity index (χ3n) is 4.81. The molecule has 2 heteroatoms. The summed E-state index contributed by atoms with van der Waals surface area (Å²) in [6.07, 6.45) is 24.7. The highest BCUT2D eigenvalue weighted by Gasteiger charge is 2.02. The zero-order chi connectivity index (χ0) is 16.6. The molecule has 0 spiro atoms. The lowest BCUT2D eigenvalue weighted by atomic mass is 10.1. The fourth-order valence-corrected chi connectivity index (χ4v) is 3.25. The number of aryl methyl sites for hydroxylation is 2. The van der Waals surface area contributed by atoms with Crippen LogP contribution < -0.4 is 0 Å². The number of hydrogen-bond donors (Lipinski definition) is 0. The van der Waals surface area contributed by atoms with Gasteiger partial charge in [-0.25, -0.2) is 4.98 Å². The molecule has 2 nitrogen and oxygen atoms in total. The molecular formula is C21H40N2. The Hall–Kier alpha value is -0.790. The van der Waals surface area contributed by atoms with Crippen molar-refractivity contribution < 1.29 is 0 Å². The fraction of sp³-hybridized carbons (Fsp3) is 0.857. The van der Waals surface area contributed by atoms with Gasteiger partial charge < -0.3 is 4.57 Å². The Labute approximate surface area is 145 Å². The van der Waals surface area contributed by atoms with Gasteiger partial charge in [-0.1, -0.05) is 90.9 Å². The molecule has 0 fully saturated rings. The van der Waals surface area contributed by atoms with Crippen molar-refractivity contribution in [3.05, 3.63) is 18.2 Å². The van der Waals surface area contributed by atoms with Gasteiger partial charge in [0.2, 0.25) is 0 Å². The highest BCUT2D eigenvalue weighted by molar-refractivity contribution is 4.92. The van der Waals surface area contributed by atoms with E-state index in [0.29, 0.717) is 0 Å². The van der Waals surface area contributed by atoms with E-state index in [1.807, 2.05) is 6.20 Å². The molecule has 134 valence electrons. The largest absolute Gasteiger partial charge is 0.335 e. The van der Waals surface area contributed by atoms with Crippen molar-refractivity contribution in [2.45, 2.75) is 117 Å². The van der Waals surface area contributed by atoms with Gasteiger partial charge in [0.25, 0.3) is 0 Å². The van der Waals surface area contributed by atoms with Gasteiger partial charge in [0.05, 0.1) is 0 Å². The van der Waals surface area contributed by atoms with Crippen LogP contribution in [0.25, 0.3) is 0 Å². The molecule has 1 aromatic heterocycles. The zero-order valence-corrected chi connectivity index (χ0v) is 15.9. The summed E-state index contributed by atoms with van der Waals surface area (Å²) < 4.78 is 2.39. The zero-order valence-electron chi connectivity index (χ0n) is 15.9. The molecule has 0 aliphatic rings. The van der Waals surface area contributed by atoms with Crippen molar-refractivity contribution in [3.63, 3.8) is 0 Å². The number of imidazole rings is 1. The van der Waals surface area contributed by atoms with E-state index >= 15 is 0 Å². The first-order chi connectivity index (χ1) is 11.4. The van der Waals surface area contributed by atoms with Crippen LogP contribution in [0.1, 0.15) is 110 Å². The molecule has 23 heavy (non-hydrogen) atoms. The van der Waals surface area contributed by atoms with Gasteiger partial charge in [-0.2, -0.15) is 0 Å². The summed E-state index contributed by atoms with van der Waals surface area (Å²) in [5, 5.41) is 0. The van der Waals surface area contributed by atoms with Crippen molar-refractivity contribution in [2.24, 2.45) is 0 Å². The first-order valence-corrected chi connectivity index (χ1v) is 10.4. The van der Waals surface area contributed by atoms with E-state index in [0.717, 1.165) is 6.42 Å². The third-order valence-corrected chi connectivity index (χ3v) is 4.81. The van der Waals surface area contributed by atoms with Crippen molar-refractivity contribution in [1.29, 1.82) is 0 Å². The van der Waals surface area contributed by atoms with Gasteiger partial charge >= 0.3 is 0 Å². The molecule has 0 N–H and O–H groups in total. The topological polar surface area (TPSA) is 17.8 Å². The quantitative estimate of drug-likeness (QED) is 0.302. The molecular weight excluding hydrogens is 280 g/mol. The summed E-state index contributed by atoms with van der Waals surface area (Å²) in [6, 6.07) is 0. The van der Waals surface area contributed by atoms with E-state index in [9.17, 15) is 0 Å². The molecule has 0 saturated heterocycles. The Bertz CT molecular complexity index is 356. The van der Waals surface area contributed by atoms with Crippen LogP contribution in [0.3, 0.4) is 0 Å². The number of unbranched alkanes of at least 4 members (excludes halogenated alkanes) is 12. The van der Waals surface area contributed by atoms with Crippen molar-refractivity contribution in [2.75, 3.05) is 0 Å². The minimum Gasteiger partial charge on any atom is -0.335 e. The summed E-state index contributed by atoms with van der Waals surface area (Å²) >= 11 is 0. The second-order valence-electron chi connectivity index (χ2n) is 7.03. The van der Waals surface area contributed by atoms with E-state index in [-0.39, 0.29) is 0 Å². The smallest absolute Gasteiger partial charge is 0.108 e. The molecule has 0 aromatic carbocycles. The first-order valence-electron chi connectivity index (χ1n) is 10.4. The monoisotopic (exact) mass is 320 g/mol. The van der Waals surface area contributed by atoms with E-state index in [2.05, 4.69) is 29.6 Å². The van der Waals surface area contributed by atoms with Crippen molar-refractivity contribution >= 4 is 0 Å². The van der Waals surface area contributed by atoms with Gasteiger partial charge in [0.15, 0.2) is 0 Å². The van der Waals surface area contributed by atoms with Gasteiger partial charge in [-0.3, -0.25) is 0 Å². The summed E-state index contributed by atoms with van der Waals surface area (Å²) in [5.74, 6) is 1.31. The lowest BCUT2D eigenvalue weighted by Gasteiger charge is -2.08. The maximum Gasteiger partial charge on any atom is 0.108 e. The summed E-state index contributed by atoms with van der Waals surface area (Å²) in [4.78, 5) is 4.56. The van der Waals surface area contributed by atoms with Gasteiger partial charge in [-0.05, 0) is 12.8 Å². The maximum absolute atomic E-state index is 4.56. The minimum absolute atomic E-state index is 1.16. The molecule has 1 aromatic rings. The second kappa shape index (κ2) is 14.8. The normalized spacial score (nSPS) is 11.2. The van der Waals surface area contributed by atoms with Crippen LogP contribution in [-0.2, 0) is 13.0 Å². The standard InChI is InChI=1S/C21H40N2/c1-3-5-7-9-11-12-14-16-19-23-20-18-22-21(23)17-15-13-10-8-6-4-2/h18,20H,3-17,19H2,1-2H3. The SMILES string of the molecule is CCCCCCCCCCn1ccnc1CCCCCCCC. The molecule has 0 radical (unpaired) electrons. The van der Waals surface area contributed by atoms with E-state index in [1.54, 1.807) is 0 Å². The van der Waals surface area contributed by atoms with Crippen LogP contribution in [0.15, 0.2) is 12.4 Å². The summed E-state index contributed by atoms with van der Waals surface area (Å²) in [6.45, 7) is 5.73. The van der Waals surface area contributed by atoms with Crippen LogP contribution in [0.4, 0.5) is 0 Å². The van der Waals surface area contributed by atoms with E-state index < -0.39 is 0 Å². The lowest BCUT2D eigenvalue weighted by Crippen LogP contribution is -2.03. The average molecular weight is 321 g/mol. The molecule has 0 amide bonds. The maximum atomic E-state index is 4.56. The lowest BCUT2D eigenvalue weighted by molar-refractivity contribution is 0.528. The van der Waals surface area contributed by atoms with Gasteiger partial charge in [0, 0.05) is 25.4 Å². The number of rotatable bonds is 16. The number of nitrogens with zero attached hydrogens (tertiary/aromatic N) is 2. The molecule has 0 bridgehead atoms. The molecule has 0 atom stereocenters. The third kappa shape index (κ3) is 10.6. The molecule has 1 heterocycles. The van der Waals surface area contributed by atoms with Crippen LogP contribution in [0.5, 0.6) is 0 Å². The molecule has 0 unspecified atom stereocenters. The average Bonchev–Trinajstić information content (AvgIpc) is 3.01. The number of aromatic nitrogens is 2. The Morgan fingerprint density at radius 3 is 1.83 bits per heavy atom. The summed E-state index contributed by atoms with van der Waals surface area (Å²) in [7, 11) is 0. The highest BCUT2D eigenvalue weighted by Crippen LogP contribution is 2.12. The molecule has 0 saturated carbocycles. The van der Waals surface area contributed by atoms with Crippen LogP contribution in [0.2, 0.25) is 0 Å². The Morgan fingerprint density at radius 2 is 1.22 bits per heavy atom. The Morgan fingerprint density at radius 1 is 0.696 bits per heavy atom. The minimum atomic E-state index is 1.16. The van der Waals surface area contributed by atoms with Gasteiger partial charge in [0.1, 0.15) is 5.82 Å². The van der Waals surface area contributed by atoms with Crippen LogP contribution >= 0.6 is 0 Å². The fourth-order valence-electron chi connectivity index (χ4n) is 3.25. The summed E-state index contributed by atoms with van der Waals surface area (Å²) in [5.41, 5.74) is 0. The highest BCUT2D eigenvalue weighted by atomic mass is 15.1. The van der Waals surface area contributed by atoms with E-state index in [4.69, 9.17) is 0 Å². The van der Waals surface area contributed by atoms with E-state index in [1.165, 1.54) is 102 Å².